The number of hydrogen-bond donors (Lipinski definition) is 3. The number of nitrogen functional groups attached to an aromatic ring is 1. The number of epoxide rings is 4. The lowest BCUT2D eigenvalue weighted by Gasteiger charge is -2.38. The highest BCUT2D eigenvalue weighted by Gasteiger charge is 2.46. The molecule has 33 heavy (non-hydrogen) atoms. The number of ether oxygens (including phenoxy) is 4. The summed E-state index contributed by atoms with van der Waals surface area (Å²) in [6.07, 6.45) is 9.40. The zero-order valence-electron chi connectivity index (χ0n) is 18.6. The summed E-state index contributed by atoms with van der Waals surface area (Å²) < 4.78 is 21.9. The van der Waals surface area contributed by atoms with E-state index in [0.717, 1.165) is 68.2 Å². The first kappa shape index (κ1) is 21.3. The van der Waals surface area contributed by atoms with Crippen LogP contribution in [-0.4, -0.2) is 62.3 Å². The van der Waals surface area contributed by atoms with Crippen LogP contribution in [0.15, 0.2) is 35.9 Å². The molecule has 5 N–H and O–H groups in total. The number of amides is 1. The van der Waals surface area contributed by atoms with Gasteiger partial charge in [-0.05, 0) is 36.1 Å². The molecule has 4 heterocycles. The molecule has 0 spiro atoms. The number of carbonyl (C=O) groups excluding carboxylic acids is 1. The first-order valence-corrected chi connectivity index (χ1v) is 11.8. The van der Waals surface area contributed by atoms with Crippen molar-refractivity contribution in [3.8, 4) is 0 Å². The molecule has 8 heteroatoms. The molecule has 6 rings (SSSR count). The lowest BCUT2D eigenvalue weighted by Crippen LogP contribution is -2.50. The molecule has 0 radical (unpaired) electrons. The maximum Gasteiger partial charge on any atom is 0.251 e. The van der Waals surface area contributed by atoms with Gasteiger partial charge in [0, 0.05) is 41.2 Å². The van der Waals surface area contributed by atoms with Crippen LogP contribution < -0.4 is 16.8 Å². The summed E-state index contributed by atoms with van der Waals surface area (Å²) in [7, 11) is 0. The molecule has 0 saturated carbocycles. The van der Waals surface area contributed by atoms with Gasteiger partial charge in [-0.2, -0.15) is 0 Å². The average molecular weight is 454 g/mol. The number of benzene rings is 1. The monoisotopic (exact) mass is 453 g/mol. The highest BCUT2D eigenvalue weighted by molar-refractivity contribution is 6.05. The Labute approximate surface area is 193 Å². The summed E-state index contributed by atoms with van der Waals surface area (Å²) >= 11 is 0. The molecule has 5 aliphatic rings. The first-order valence-electron chi connectivity index (χ1n) is 11.8. The van der Waals surface area contributed by atoms with Gasteiger partial charge in [0.05, 0.1) is 50.8 Å². The topological polar surface area (TPSA) is 131 Å². The van der Waals surface area contributed by atoms with Crippen molar-refractivity contribution in [2.75, 3.05) is 37.5 Å². The number of rotatable bonds is 10. The SMILES string of the molecule is Nc1ccc(NC(=O)C2=CC=CC(N)(CC3CO3)C2CC2CO2)c(CC2CO2)c1CC1CO1. The lowest BCUT2D eigenvalue weighted by atomic mass is 9.71. The smallest absolute Gasteiger partial charge is 0.251 e. The molecule has 1 aromatic carbocycles. The van der Waals surface area contributed by atoms with Crippen LogP contribution in [0.5, 0.6) is 0 Å². The highest BCUT2D eigenvalue weighted by Crippen LogP contribution is 2.41. The fourth-order valence-corrected chi connectivity index (χ4v) is 5.01. The molecule has 6 unspecified atom stereocenters. The Bertz CT molecular complexity index is 1010. The van der Waals surface area contributed by atoms with Crippen molar-refractivity contribution in [1.82, 2.24) is 0 Å². The Hall–Kier alpha value is -2.23. The molecular weight excluding hydrogens is 422 g/mol. The second-order valence-electron chi connectivity index (χ2n) is 9.93. The van der Waals surface area contributed by atoms with Gasteiger partial charge >= 0.3 is 0 Å². The number of nitrogens with one attached hydrogen (secondary N) is 1. The third kappa shape index (κ3) is 4.85. The normalized spacial score (nSPS) is 35.7. The van der Waals surface area contributed by atoms with E-state index < -0.39 is 5.54 Å². The van der Waals surface area contributed by atoms with Crippen molar-refractivity contribution in [2.45, 2.75) is 55.6 Å². The lowest BCUT2D eigenvalue weighted by molar-refractivity contribution is -0.113. The molecule has 6 atom stereocenters. The van der Waals surface area contributed by atoms with Gasteiger partial charge in [-0.1, -0.05) is 18.2 Å². The van der Waals surface area contributed by atoms with Gasteiger partial charge in [0.2, 0.25) is 0 Å². The van der Waals surface area contributed by atoms with Gasteiger partial charge in [-0.15, -0.1) is 0 Å². The second kappa shape index (κ2) is 8.21. The third-order valence-electron chi connectivity index (χ3n) is 7.24. The van der Waals surface area contributed by atoms with E-state index in [1.807, 2.05) is 30.4 Å². The molecule has 4 fully saturated rings. The molecule has 1 aromatic rings. The Balaban J connectivity index is 1.27. The van der Waals surface area contributed by atoms with E-state index in [0.29, 0.717) is 12.0 Å². The Kier molecular flexibility index (Phi) is 5.31. The number of anilines is 2. The van der Waals surface area contributed by atoms with Gasteiger partial charge in [-0.25, -0.2) is 0 Å². The predicted octanol–water partition coefficient (Wildman–Crippen LogP) is 1.48. The van der Waals surface area contributed by atoms with Gasteiger partial charge in [0.15, 0.2) is 0 Å². The van der Waals surface area contributed by atoms with Crippen LogP contribution in [0.2, 0.25) is 0 Å². The fraction of sp³-hybridized carbons (Fsp3) is 0.560. The maximum absolute atomic E-state index is 13.6. The summed E-state index contributed by atoms with van der Waals surface area (Å²) in [5, 5.41) is 3.18. The van der Waals surface area contributed by atoms with Crippen LogP contribution in [0.1, 0.15) is 24.0 Å². The first-order chi connectivity index (χ1) is 16.0. The van der Waals surface area contributed by atoms with Crippen LogP contribution in [0.25, 0.3) is 0 Å². The number of carbonyl (C=O) groups is 1. The van der Waals surface area contributed by atoms with Gasteiger partial charge < -0.3 is 35.7 Å². The van der Waals surface area contributed by atoms with Crippen LogP contribution in [0.4, 0.5) is 11.4 Å². The summed E-state index contributed by atoms with van der Waals surface area (Å²) in [6.45, 7) is 2.94. The summed E-state index contributed by atoms with van der Waals surface area (Å²) in [4.78, 5) is 13.6. The van der Waals surface area contributed by atoms with E-state index >= 15 is 0 Å². The standard InChI is InChI=1S/C25H31N3O5/c26-22-3-4-23(20(7-15-11-31-15)19(22)6-14-10-30-14)28-24(29)18-2-1-5-25(27,9-17-13-33-17)21(18)8-16-12-32-16/h1-5,14-17,21H,6-13,26-27H2,(H,28,29). The van der Waals surface area contributed by atoms with E-state index in [9.17, 15) is 4.79 Å². The third-order valence-corrected chi connectivity index (χ3v) is 7.24. The fourth-order valence-electron chi connectivity index (χ4n) is 5.01. The molecular formula is C25H31N3O5. The zero-order valence-corrected chi connectivity index (χ0v) is 18.6. The van der Waals surface area contributed by atoms with Crippen LogP contribution in [0.3, 0.4) is 0 Å². The van der Waals surface area contributed by atoms with E-state index in [1.165, 1.54) is 0 Å². The number of allylic oxidation sites excluding steroid dienone is 2. The largest absolute Gasteiger partial charge is 0.398 e. The van der Waals surface area contributed by atoms with E-state index in [-0.39, 0.29) is 36.2 Å². The zero-order chi connectivity index (χ0) is 22.6. The minimum Gasteiger partial charge on any atom is -0.398 e. The Morgan fingerprint density at radius 2 is 1.61 bits per heavy atom. The summed E-state index contributed by atoms with van der Waals surface area (Å²) in [5.74, 6) is -0.268. The van der Waals surface area contributed by atoms with Crippen molar-refractivity contribution < 1.29 is 23.7 Å². The molecule has 4 aliphatic heterocycles. The predicted molar refractivity (Wildman–Crippen MR) is 123 cm³/mol. The van der Waals surface area contributed by atoms with Gasteiger partial charge in [0.25, 0.3) is 5.91 Å². The number of nitrogens with two attached hydrogens (primary N) is 2. The van der Waals surface area contributed by atoms with Gasteiger partial charge in [0.1, 0.15) is 0 Å². The van der Waals surface area contributed by atoms with E-state index in [4.69, 9.17) is 30.4 Å². The molecule has 1 amide bonds. The molecule has 0 bridgehead atoms. The van der Waals surface area contributed by atoms with Crippen LogP contribution in [-0.2, 0) is 36.6 Å². The van der Waals surface area contributed by atoms with Crippen molar-refractivity contribution in [1.29, 1.82) is 0 Å². The maximum atomic E-state index is 13.6. The van der Waals surface area contributed by atoms with Crippen molar-refractivity contribution >= 4 is 17.3 Å². The molecule has 176 valence electrons. The van der Waals surface area contributed by atoms with Crippen molar-refractivity contribution in [2.24, 2.45) is 11.7 Å². The molecule has 0 aromatic heterocycles. The van der Waals surface area contributed by atoms with Crippen molar-refractivity contribution in [3.05, 3.63) is 47.1 Å². The molecule has 8 nitrogen and oxygen atoms in total. The van der Waals surface area contributed by atoms with E-state index in [1.54, 1.807) is 0 Å². The Morgan fingerprint density at radius 3 is 2.24 bits per heavy atom. The van der Waals surface area contributed by atoms with Crippen LogP contribution >= 0.6 is 0 Å². The minimum absolute atomic E-state index is 0.132. The van der Waals surface area contributed by atoms with Crippen molar-refractivity contribution in [3.63, 3.8) is 0 Å². The highest BCUT2D eigenvalue weighted by atomic mass is 16.6. The molecule has 1 aliphatic carbocycles. The minimum atomic E-state index is -0.630. The number of hydrogen-bond acceptors (Lipinski definition) is 7. The summed E-state index contributed by atoms with van der Waals surface area (Å²) in [5.41, 5.74) is 16.9. The van der Waals surface area contributed by atoms with Crippen LogP contribution in [0, 0.1) is 5.92 Å². The molecule has 4 saturated heterocycles. The Morgan fingerprint density at radius 1 is 0.970 bits per heavy atom. The summed E-state index contributed by atoms with van der Waals surface area (Å²) in [6, 6.07) is 3.76. The quantitative estimate of drug-likeness (QED) is 0.361. The second-order valence-corrected chi connectivity index (χ2v) is 9.93. The average Bonchev–Trinajstić information content (AvgIpc) is 3.60. The van der Waals surface area contributed by atoms with Gasteiger partial charge in [-0.3, -0.25) is 4.79 Å². The van der Waals surface area contributed by atoms with E-state index in [2.05, 4.69) is 5.32 Å².